The topological polar surface area (TPSA) is 96.0 Å². The Labute approximate surface area is 238 Å². The van der Waals surface area contributed by atoms with Crippen molar-refractivity contribution in [2.45, 2.75) is 68.5 Å². The summed E-state index contributed by atoms with van der Waals surface area (Å²) >= 11 is 0. The number of hydrogen-bond donors (Lipinski definition) is 1. The lowest BCUT2D eigenvalue weighted by Gasteiger charge is -2.38. The lowest BCUT2D eigenvalue weighted by molar-refractivity contribution is -0.139. The van der Waals surface area contributed by atoms with Gasteiger partial charge in [0.05, 0.1) is 16.4 Å². The summed E-state index contributed by atoms with van der Waals surface area (Å²) in [5.74, 6) is 0.204. The van der Waals surface area contributed by atoms with Crippen LogP contribution in [0.1, 0.15) is 62.1 Å². The predicted octanol–water partition coefficient (Wildman–Crippen LogP) is 3.72. The summed E-state index contributed by atoms with van der Waals surface area (Å²) in [6.45, 7) is 4.48. The number of carbonyl (C=O) groups is 2. The van der Waals surface area contributed by atoms with Gasteiger partial charge in [0, 0.05) is 32.5 Å². The molecule has 3 heterocycles. The zero-order valence-electron chi connectivity index (χ0n) is 23.4. The first-order valence-electron chi connectivity index (χ1n) is 14.5. The molecular weight excluding hydrogens is 526 g/mol. The number of nitrogens with zero attached hydrogens (tertiary/aromatic N) is 2. The van der Waals surface area contributed by atoms with Crippen molar-refractivity contribution in [3.05, 3.63) is 65.7 Å². The van der Waals surface area contributed by atoms with E-state index in [0.717, 1.165) is 82.3 Å². The van der Waals surface area contributed by atoms with E-state index in [-0.39, 0.29) is 29.4 Å². The van der Waals surface area contributed by atoms with Gasteiger partial charge in [-0.15, -0.1) is 0 Å². The first-order chi connectivity index (χ1) is 19.2. The van der Waals surface area contributed by atoms with Crippen molar-refractivity contribution in [2.75, 3.05) is 39.0 Å². The number of benzene rings is 2. The van der Waals surface area contributed by atoms with E-state index >= 15 is 0 Å². The Balaban J connectivity index is 1.14. The van der Waals surface area contributed by atoms with Crippen LogP contribution >= 0.6 is 0 Å². The molecule has 0 saturated carbocycles. The van der Waals surface area contributed by atoms with Crippen molar-refractivity contribution in [1.29, 1.82) is 0 Å². The van der Waals surface area contributed by atoms with Gasteiger partial charge >= 0.3 is 0 Å². The molecular formula is C31H41N3O5S. The van der Waals surface area contributed by atoms with Crippen LogP contribution in [-0.4, -0.2) is 75.2 Å². The smallest absolute Gasteiger partial charge is 0.249 e. The van der Waals surface area contributed by atoms with Crippen molar-refractivity contribution in [2.24, 2.45) is 5.41 Å². The van der Waals surface area contributed by atoms with Crippen molar-refractivity contribution >= 4 is 21.7 Å². The fourth-order valence-electron chi connectivity index (χ4n) is 6.31. The first-order valence-corrected chi connectivity index (χ1v) is 16.4. The van der Waals surface area contributed by atoms with E-state index in [2.05, 4.69) is 22.3 Å². The van der Waals surface area contributed by atoms with Crippen LogP contribution in [0.15, 0.2) is 59.5 Å². The van der Waals surface area contributed by atoms with Crippen molar-refractivity contribution in [3.63, 3.8) is 0 Å². The summed E-state index contributed by atoms with van der Waals surface area (Å²) in [6.07, 6.45) is 7.01. The highest BCUT2D eigenvalue weighted by atomic mass is 32.2. The van der Waals surface area contributed by atoms with E-state index in [1.807, 2.05) is 23.1 Å². The van der Waals surface area contributed by atoms with Gasteiger partial charge in [0.25, 0.3) is 0 Å². The average Bonchev–Trinajstić information content (AvgIpc) is 3.26. The maximum Gasteiger partial charge on any atom is 0.249 e. The molecule has 0 aliphatic carbocycles. The molecule has 0 aromatic heterocycles. The van der Waals surface area contributed by atoms with Crippen LogP contribution in [0, 0.1) is 5.41 Å². The summed E-state index contributed by atoms with van der Waals surface area (Å²) in [7, 11) is -3.23. The standard InChI is InChI=1S/C31H41N3O5S/c1-40(37,38)26-12-10-24(11-13-26)23-34-21-17-31(30(34)36)15-19-33(20-16-31)18-14-27(25-7-3-2-4-8-25)32-29(35)28-9-5-6-22-39-28/h2-4,7-8,10-13,27-28H,5-6,9,14-23H2,1H3,(H,32,35)/t27-,28?/m0/s1. The second-order valence-electron chi connectivity index (χ2n) is 11.6. The van der Waals surface area contributed by atoms with E-state index in [9.17, 15) is 18.0 Å². The summed E-state index contributed by atoms with van der Waals surface area (Å²) in [4.78, 5) is 31.1. The van der Waals surface area contributed by atoms with E-state index in [4.69, 9.17) is 4.74 Å². The van der Waals surface area contributed by atoms with Crippen LogP contribution in [0.2, 0.25) is 0 Å². The maximum absolute atomic E-state index is 13.5. The summed E-state index contributed by atoms with van der Waals surface area (Å²) in [6, 6.07) is 16.9. The minimum Gasteiger partial charge on any atom is -0.368 e. The number of carbonyl (C=O) groups excluding carboxylic acids is 2. The van der Waals surface area contributed by atoms with Crippen LogP contribution in [0.3, 0.4) is 0 Å². The number of rotatable bonds is 9. The van der Waals surface area contributed by atoms with Crippen LogP contribution in [0.25, 0.3) is 0 Å². The number of amides is 2. The fraction of sp³-hybridized carbons (Fsp3) is 0.548. The molecule has 0 bridgehead atoms. The van der Waals surface area contributed by atoms with Crippen molar-refractivity contribution in [3.8, 4) is 0 Å². The van der Waals surface area contributed by atoms with Gasteiger partial charge in [0.2, 0.25) is 11.8 Å². The molecule has 5 rings (SSSR count). The third-order valence-electron chi connectivity index (χ3n) is 8.86. The van der Waals surface area contributed by atoms with Crippen molar-refractivity contribution in [1.82, 2.24) is 15.1 Å². The number of likely N-dealkylation sites (tertiary alicyclic amines) is 2. The number of ether oxygens (including phenoxy) is 1. The number of sulfone groups is 1. The number of hydrogen-bond acceptors (Lipinski definition) is 6. The summed E-state index contributed by atoms with van der Waals surface area (Å²) in [5.41, 5.74) is 1.75. The van der Waals surface area contributed by atoms with Crippen LogP contribution in [0.4, 0.5) is 0 Å². The quantitative estimate of drug-likeness (QED) is 0.496. The predicted molar refractivity (Wildman–Crippen MR) is 153 cm³/mol. The van der Waals surface area contributed by atoms with Gasteiger partial charge in [-0.2, -0.15) is 0 Å². The molecule has 1 spiro atoms. The second-order valence-corrected chi connectivity index (χ2v) is 13.6. The zero-order chi connectivity index (χ0) is 28.2. The van der Waals surface area contributed by atoms with E-state index in [1.165, 1.54) is 6.26 Å². The van der Waals surface area contributed by atoms with Gasteiger partial charge in [0.15, 0.2) is 9.84 Å². The molecule has 8 nitrogen and oxygen atoms in total. The van der Waals surface area contributed by atoms with Gasteiger partial charge in [-0.05, 0) is 81.3 Å². The Bertz CT molecular complexity index is 1270. The zero-order valence-corrected chi connectivity index (χ0v) is 24.2. The molecule has 9 heteroatoms. The third-order valence-corrected chi connectivity index (χ3v) is 9.99. The molecule has 2 amide bonds. The lowest BCUT2D eigenvalue weighted by Crippen LogP contribution is -2.45. The molecule has 2 aromatic carbocycles. The minimum absolute atomic E-state index is 0.0197. The molecule has 1 unspecified atom stereocenters. The number of nitrogens with one attached hydrogen (secondary N) is 1. The highest BCUT2D eigenvalue weighted by Crippen LogP contribution is 2.42. The van der Waals surface area contributed by atoms with Crippen molar-refractivity contribution < 1.29 is 22.7 Å². The van der Waals surface area contributed by atoms with Gasteiger partial charge in [-0.3, -0.25) is 9.59 Å². The van der Waals surface area contributed by atoms with Crippen LogP contribution < -0.4 is 5.32 Å². The normalized spacial score (nSPS) is 22.4. The Morgan fingerprint density at radius 1 is 1.02 bits per heavy atom. The Morgan fingerprint density at radius 2 is 1.73 bits per heavy atom. The van der Waals surface area contributed by atoms with E-state index < -0.39 is 9.84 Å². The maximum atomic E-state index is 13.5. The molecule has 1 N–H and O–H groups in total. The highest BCUT2D eigenvalue weighted by molar-refractivity contribution is 7.90. The average molecular weight is 568 g/mol. The van der Waals surface area contributed by atoms with Gasteiger partial charge in [-0.25, -0.2) is 8.42 Å². The molecule has 3 aliphatic heterocycles. The van der Waals surface area contributed by atoms with E-state index in [0.29, 0.717) is 18.0 Å². The number of piperidine rings is 1. The van der Waals surface area contributed by atoms with E-state index in [1.54, 1.807) is 24.3 Å². The van der Waals surface area contributed by atoms with Crippen LogP contribution in [-0.2, 0) is 30.7 Å². The highest BCUT2D eigenvalue weighted by Gasteiger charge is 2.47. The van der Waals surface area contributed by atoms with Gasteiger partial charge < -0.3 is 19.9 Å². The largest absolute Gasteiger partial charge is 0.368 e. The minimum atomic E-state index is -3.23. The first kappa shape index (κ1) is 28.8. The third kappa shape index (κ3) is 6.75. The Kier molecular flexibility index (Phi) is 8.92. The molecule has 2 atom stereocenters. The Hall–Kier alpha value is -2.75. The molecule has 216 valence electrons. The molecule has 3 saturated heterocycles. The fourth-order valence-corrected chi connectivity index (χ4v) is 6.94. The second kappa shape index (κ2) is 12.4. The molecule has 2 aromatic rings. The molecule has 3 aliphatic rings. The van der Waals surface area contributed by atoms with Gasteiger partial charge in [0.1, 0.15) is 6.10 Å². The van der Waals surface area contributed by atoms with Crippen LogP contribution in [0.5, 0.6) is 0 Å². The molecule has 3 fully saturated rings. The Morgan fingerprint density at radius 3 is 2.38 bits per heavy atom. The lowest BCUT2D eigenvalue weighted by atomic mass is 9.77. The summed E-state index contributed by atoms with van der Waals surface area (Å²) in [5, 5.41) is 3.25. The molecule has 0 radical (unpaired) electrons. The van der Waals surface area contributed by atoms with Gasteiger partial charge in [-0.1, -0.05) is 42.5 Å². The monoisotopic (exact) mass is 567 g/mol. The molecule has 40 heavy (non-hydrogen) atoms. The summed E-state index contributed by atoms with van der Waals surface area (Å²) < 4.78 is 29.2. The SMILES string of the molecule is CS(=O)(=O)c1ccc(CN2CCC3(CCN(CC[C@H](NC(=O)C4CCCCO4)c4ccccc4)CC3)C2=O)cc1.